The molecular formula is C10H12O5S. The summed E-state index contributed by atoms with van der Waals surface area (Å²) in [7, 11) is -4.18. The van der Waals surface area contributed by atoms with E-state index in [-0.39, 0.29) is 4.90 Å². The summed E-state index contributed by atoms with van der Waals surface area (Å²) >= 11 is 0. The lowest BCUT2D eigenvalue weighted by atomic mass is 10.0. The Labute approximate surface area is 93.5 Å². The van der Waals surface area contributed by atoms with E-state index in [1.54, 1.807) is 6.92 Å². The number of aliphatic carboxylic acids is 1. The van der Waals surface area contributed by atoms with Gasteiger partial charge in [0.15, 0.2) is 0 Å². The lowest BCUT2D eigenvalue weighted by molar-refractivity contribution is -0.141. The van der Waals surface area contributed by atoms with Crippen molar-refractivity contribution in [3.63, 3.8) is 0 Å². The molecule has 0 bridgehead atoms. The second kappa shape index (κ2) is 4.63. The van der Waals surface area contributed by atoms with Gasteiger partial charge in [-0.1, -0.05) is 19.1 Å². The van der Waals surface area contributed by atoms with Crippen molar-refractivity contribution in [2.45, 2.75) is 18.2 Å². The van der Waals surface area contributed by atoms with Crippen LogP contribution in [0.25, 0.3) is 0 Å². The number of benzene rings is 1. The smallest absolute Gasteiger partial charge is 0.306 e. The van der Waals surface area contributed by atoms with Crippen molar-refractivity contribution in [1.29, 1.82) is 0 Å². The fraction of sp³-hybridized carbons (Fsp3) is 0.300. The zero-order chi connectivity index (χ0) is 12.3. The van der Waals surface area contributed by atoms with Gasteiger partial charge in [0.2, 0.25) is 0 Å². The van der Waals surface area contributed by atoms with Crippen LogP contribution in [0.15, 0.2) is 29.2 Å². The van der Waals surface area contributed by atoms with Crippen molar-refractivity contribution in [3.05, 3.63) is 29.8 Å². The van der Waals surface area contributed by atoms with Crippen molar-refractivity contribution in [1.82, 2.24) is 0 Å². The molecule has 2 N–H and O–H groups in total. The maximum Gasteiger partial charge on any atom is 0.306 e. The second-order valence-electron chi connectivity index (χ2n) is 3.56. The highest BCUT2D eigenvalue weighted by Gasteiger charge is 2.13. The summed E-state index contributed by atoms with van der Waals surface area (Å²) in [5.74, 6) is -1.43. The first-order valence-corrected chi connectivity index (χ1v) is 6.04. The van der Waals surface area contributed by atoms with Gasteiger partial charge in [0.05, 0.1) is 10.8 Å². The predicted octanol–water partition coefficient (Wildman–Crippen LogP) is 1.20. The van der Waals surface area contributed by atoms with Crippen LogP contribution < -0.4 is 0 Å². The van der Waals surface area contributed by atoms with Gasteiger partial charge in [-0.2, -0.15) is 8.42 Å². The van der Waals surface area contributed by atoms with Gasteiger partial charge in [0.1, 0.15) is 0 Å². The van der Waals surface area contributed by atoms with Gasteiger partial charge >= 0.3 is 5.97 Å². The standard InChI is InChI=1S/C10H12O5S/c1-7(10(11)12)6-8-2-4-9(5-3-8)16(13,14)15/h2-5,7H,6H2,1H3,(H,11,12)(H,13,14,15). The molecule has 1 unspecified atom stereocenters. The second-order valence-corrected chi connectivity index (χ2v) is 4.98. The molecule has 0 aliphatic heterocycles. The van der Waals surface area contributed by atoms with Crippen molar-refractivity contribution in [2.24, 2.45) is 5.92 Å². The molecule has 88 valence electrons. The molecule has 1 rings (SSSR count). The van der Waals surface area contributed by atoms with Crippen molar-refractivity contribution in [2.75, 3.05) is 0 Å². The van der Waals surface area contributed by atoms with E-state index in [2.05, 4.69) is 0 Å². The molecule has 1 aromatic carbocycles. The fourth-order valence-electron chi connectivity index (χ4n) is 1.24. The van der Waals surface area contributed by atoms with E-state index < -0.39 is 22.0 Å². The first kappa shape index (κ1) is 12.7. The Bertz CT molecular complexity index is 474. The van der Waals surface area contributed by atoms with E-state index >= 15 is 0 Å². The highest BCUT2D eigenvalue weighted by molar-refractivity contribution is 7.85. The Kier molecular flexibility index (Phi) is 3.66. The molecule has 0 aliphatic carbocycles. The van der Waals surface area contributed by atoms with E-state index in [1.165, 1.54) is 24.3 Å². The van der Waals surface area contributed by atoms with Crippen LogP contribution in [0.2, 0.25) is 0 Å². The SMILES string of the molecule is CC(Cc1ccc(S(=O)(=O)O)cc1)C(=O)O. The third-order valence-electron chi connectivity index (χ3n) is 2.18. The average Bonchev–Trinajstić information content (AvgIpc) is 2.17. The van der Waals surface area contributed by atoms with Crippen molar-refractivity contribution >= 4 is 16.1 Å². The van der Waals surface area contributed by atoms with E-state index in [0.717, 1.165) is 0 Å². The summed E-state index contributed by atoms with van der Waals surface area (Å²) in [6.07, 6.45) is 0.321. The van der Waals surface area contributed by atoms with Crippen LogP contribution in [0.4, 0.5) is 0 Å². The topological polar surface area (TPSA) is 91.7 Å². The largest absolute Gasteiger partial charge is 0.481 e. The highest BCUT2D eigenvalue weighted by atomic mass is 32.2. The zero-order valence-corrected chi connectivity index (χ0v) is 9.44. The average molecular weight is 244 g/mol. The Balaban J connectivity index is 2.84. The molecule has 0 fully saturated rings. The van der Waals surface area contributed by atoms with Gasteiger partial charge in [0.25, 0.3) is 10.1 Å². The summed E-state index contributed by atoms with van der Waals surface area (Å²) in [5.41, 5.74) is 0.710. The van der Waals surface area contributed by atoms with Gasteiger partial charge in [-0.05, 0) is 24.1 Å². The molecule has 0 spiro atoms. The molecular weight excluding hydrogens is 232 g/mol. The van der Waals surface area contributed by atoms with E-state index in [4.69, 9.17) is 9.66 Å². The van der Waals surface area contributed by atoms with Crippen molar-refractivity contribution < 1.29 is 22.9 Å². The summed E-state index contributed by atoms with van der Waals surface area (Å²) in [6.45, 7) is 1.57. The minimum absolute atomic E-state index is 0.195. The lowest BCUT2D eigenvalue weighted by Crippen LogP contribution is -2.12. The Morgan fingerprint density at radius 2 is 1.81 bits per heavy atom. The molecule has 0 amide bonds. The summed E-state index contributed by atoms with van der Waals surface area (Å²) in [5, 5.41) is 8.69. The van der Waals surface area contributed by atoms with Crippen LogP contribution in [0.5, 0.6) is 0 Å². The van der Waals surface area contributed by atoms with E-state index in [0.29, 0.717) is 12.0 Å². The summed E-state index contributed by atoms with van der Waals surface area (Å²) in [6, 6.07) is 5.48. The number of rotatable bonds is 4. The minimum atomic E-state index is -4.18. The number of hydrogen-bond donors (Lipinski definition) is 2. The Morgan fingerprint density at radius 1 is 1.31 bits per heavy atom. The molecule has 1 aromatic rings. The predicted molar refractivity (Wildman–Crippen MR) is 56.8 cm³/mol. The van der Waals surface area contributed by atoms with Crippen LogP contribution in [0.3, 0.4) is 0 Å². The number of carboxylic acid groups (broad SMARTS) is 1. The molecule has 6 heteroatoms. The Morgan fingerprint density at radius 3 is 2.19 bits per heavy atom. The third-order valence-corrected chi connectivity index (χ3v) is 3.05. The monoisotopic (exact) mass is 244 g/mol. The molecule has 0 radical (unpaired) electrons. The molecule has 0 aromatic heterocycles. The number of hydrogen-bond acceptors (Lipinski definition) is 3. The highest BCUT2D eigenvalue weighted by Crippen LogP contribution is 2.13. The van der Waals surface area contributed by atoms with E-state index in [1.807, 2.05) is 0 Å². The maximum atomic E-state index is 10.7. The van der Waals surface area contributed by atoms with Gasteiger partial charge in [-0.25, -0.2) is 0 Å². The van der Waals surface area contributed by atoms with E-state index in [9.17, 15) is 13.2 Å². The van der Waals surface area contributed by atoms with Crippen LogP contribution in [-0.2, 0) is 21.3 Å². The maximum absolute atomic E-state index is 10.7. The van der Waals surface area contributed by atoms with Gasteiger partial charge in [-0.15, -0.1) is 0 Å². The quantitative estimate of drug-likeness (QED) is 0.776. The molecule has 0 aliphatic rings. The molecule has 0 heterocycles. The van der Waals surface area contributed by atoms with Gasteiger partial charge in [0, 0.05) is 0 Å². The van der Waals surface area contributed by atoms with Crippen LogP contribution in [0, 0.1) is 5.92 Å². The van der Waals surface area contributed by atoms with Gasteiger partial charge < -0.3 is 5.11 Å². The van der Waals surface area contributed by atoms with Crippen LogP contribution in [-0.4, -0.2) is 24.0 Å². The fourth-order valence-corrected chi connectivity index (χ4v) is 1.72. The van der Waals surface area contributed by atoms with Crippen LogP contribution >= 0.6 is 0 Å². The summed E-state index contributed by atoms with van der Waals surface area (Å²) < 4.78 is 30.2. The normalized spacial score (nSPS) is 13.4. The van der Waals surface area contributed by atoms with Crippen molar-refractivity contribution in [3.8, 4) is 0 Å². The number of carboxylic acids is 1. The minimum Gasteiger partial charge on any atom is -0.481 e. The molecule has 5 nitrogen and oxygen atoms in total. The lowest BCUT2D eigenvalue weighted by Gasteiger charge is -2.06. The first-order chi connectivity index (χ1) is 7.30. The molecule has 0 saturated heterocycles. The first-order valence-electron chi connectivity index (χ1n) is 4.60. The van der Waals surface area contributed by atoms with Gasteiger partial charge in [-0.3, -0.25) is 9.35 Å². The molecule has 1 atom stereocenters. The Hall–Kier alpha value is -1.40. The summed E-state index contributed by atoms with van der Waals surface area (Å²) in [4.78, 5) is 10.4. The molecule has 16 heavy (non-hydrogen) atoms. The van der Waals surface area contributed by atoms with Crippen LogP contribution in [0.1, 0.15) is 12.5 Å². The zero-order valence-electron chi connectivity index (χ0n) is 8.62. The molecule has 0 saturated carbocycles. The number of carbonyl (C=O) groups is 1. The third kappa shape index (κ3) is 3.32.